The average molecular weight is 368 g/mol. The second kappa shape index (κ2) is 5.58. The van der Waals surface area contributed by atoms with Crippen molar-refractivity contribution in [3.05, 3.63) is 68.9 Å². The summed E-state index contributed by atoms with van der Waals surface area (Å²) in [4.78, 5) is 17.1. The van der Waals surface area contributed by atoms with Crippen molar-refractivity contribution in [2.24, 2.45) is 0 Å². The van der Waals surface area contributed by atoms with E-state index < -0.39 is 5.82 Å². The number of rotatable bonds is 2. The van der Waals surface area contributed by atoms with Gasteiger partial charge >= 0.3 is 0 Å². The fourth-order valence-corrected chi connectivity index (χ4v) is 2.78. The van der Waals surface area contributed by atoms with Crippen molar-refractivity contribution in [3.63, 3.8) is 0 Å². The predicted molar refractivity (Wildman–Crippen MR) is 84.6 cm³/mol. The molecule has 0 bridgehead atoms. The van der Waals surface area contributed by atoms with Crippen LogP contribution in [0.3, 0.4) is 0 Å². The zero-order chi connectivity index (χ0) is 15.0. The van der Waals surface area contributed by atoms with Gasteiger partial charge < -0.3 is 0 Å². The molecule has 0 radical (unpaired) electrons. The molecule has 3 rings (SSSR count). The van der Waals surface area contributed by atoms with Crippen molar-refractivity contribution in [1.82, 2.24) is 9.55 Å². The number of benzene rings is 2. The van der Waals surface area contributed by atoms with Crippen LogP contribution in [0.25, 0.3) is 16.6 Å². The minimum atomic E-state index is -0.436. The third-order valence-electron chi connectivity index (χ3n) is 3.11. The van der Waals surface area contributed by atoms with Gasteiger partial charge in [-0.2, -0.15) is 0 Å². The van der Waals surface area contributed by atoms with E-state index in [0.29, 0.717) is 26.9 Å². The Morgan fingerprint density at radius 2 is 2.00 bits per heavy atom. The zero-order valence-electron chi connectivity index (χ0n) is 10.7. The lowest BCUT2D eigenvalue weighted by molar-refractivity contribution is 0.625. The molecule has 0 saturated carbocycles. The number of hydrogen-bond donors (Lipinski definition) is 0. The minimum Gasteiger partial charge on any atom is -0.268 e. The quantitative estimate of drug-likeness (QED) is 0.641. The van der Waals surface area contributed by atoms with Crippen LogP contribution >= 0.6 is 27.5 Å². The maximum atomic E-state index is 13.5. The van der Waals surface area contributed by atoms with Gasteiger partial charge in [-0.25, -0.2) is 9.37 Å². The first-order chi connectivity index (χ1) is 10.1. The van der Waals surface area contributed by atoms with Gasteiger partial charge in [0.1, 0.15) is 11.6 Å². The molecule has 0 saturated heterocycles. The zero-order valence-corrected chi connectivity index (χ0v) is 13.0. The summed E-state index contributed by atoms with van der Waals surface area (Å²) in [6.45, 7) is 0. The second-order valence-corrected chi connectivity index (χ2v) is 5.54. The van der Waals surface area contributed by atoms with Crippen molar-refractivity contribution >= 4 is 38.4 Å². The lowest BCUT2D eigenvalue weighted by atomic mass is 10.2. The lowest BCUT2D eigenvalue weighted by Crippen LogP contribution is -2.23. The Balaban J connectivity index is 2.44. The van der Waals surface area contributed by atoms with Gasteiger partial charge in [-0.3, -0.25) is 9.36 Å². The number of para-hydroxylation sites is 1. The standard InChI is InChI=1S/C15H9BrClFN2O/c16-11-6-5-9(18)7-13(11)20-14(8-17)19-12-4-2-1-3-10(12)15(20)21/h1-7H,8H2. The average Bonchev–Trinajstić information content (AvgIpc) is 2.50. The third kappa shape index (κ3) is 2.47. The molecule has 0 aliphatic rings. The van der Waals surface area contributed by atoms with Gasteiger partial charge in [0.15, 0.2) is 0 Å². The first kappa shape index (κ1) is 14.2. The maximum absolute atomic E-state index is 13.5. The molecule has 3 nitrogen and oxygen atoms in total. The van der Waals surface area contributed by atoms with E-state index in [4.69, 9.17) is 11.6 Å². The van der Waals surface area contributed by atoms with E-state index in [9.17, 15) is 9.18 Å². The molecule has 0 amide bonds. The maximum Gasteiger partial charge on any atom is 0.266 e. The SMILES string of the molecule is O=c1c2ccccc2nc(CCl)n1-c1cc(F)ccc1Br. The van der Waals surface area contributed by atoms with Crippen LogP contribution < -0.4 is 5.56 Å². The third-order valence-corrected chi connectivity index (χ3v) is 4.02. The van der Waals surface area contributed by atoms with E-state index in [1.807, 2.05) is 0 Å². The van der Waals surface area contributed by atoms with Crippen LogP contribution in [0.2, 0.25) is 0 Å². The summed E-state index contributed by atoms with van der Waals surface area (Å²) in [7, 11) is 0. The molecule has 21 heavy (non-hydrogen) atoms. The highest BCUT2D eigenvalue weighted by molar-refractivity contribution is 9.10. The largest absolute Gasteiger partial charge is 0.268 e. The first-order valence-electron chi connectivity index (χ1n) is 6.14. The van der Waals surface area contributed by atoms with E-state index in [-0.39, 0.29) is 11.4 Å². The fraction of sp³-hybridized carbons (Fsp3) is 0.0667. The van der Waals surface area contributed by atoms with E-state index in [0.717, 1.165) is 0 Å². The topological polar surface area (TPSA) is 34.9 Å². The highest BCUT2D eigenvalue weighted by atomic mass is 79.9. The molecule has 0 spiro atoms. The van der Waals surface area contributed by atoms with E-state index in [1.165, 1.54) is 16.7 Å². The Bertz CT molecular complexity index is 894. The summed E-state index contributed by atoms with van der Waals surface area (Å²) in [6.07, 6.45) is 0. The Morgan fingerprint density at radius 1 is 1.24 bits per heavy atom. The molecule has 2 aromatic carbocycles. The number of alkyl halides is 1. The molecule has 0 aliphatic carbocycles. The summed E-state index contributed by atoms with van der Waals surface area (Å²) in [5.41, 5.74) is 0.679. The van der Waals surface area contributed by atoms with Crippen LogP contribution in [0.1, 0.15) is 5.82 Å². The Hall–Kier alpha value is -1.72. The summed E-state index contributed by atoms with van der Waals surface area (Å²) >= 11 is 9.25. The van der Waals surface area contributed by atoms with E-state index in [1.54, 1.807) is 30.3 Å². The molecule has 106 valence electrons. The summed E-state index contributed by atoms with van der Waals surface area (Å²) in [5.74, 6) is -0.0244. The normalized spacial score (nSPS) is 11.0. The van der Waals surface area contributed by atoms with Gasteiger partial charge in [0.05, 0.1) is 22.5 Å². The Kier molecular flexibility index (Phi) is 3.78. The monoisotopic (exact) mass is 366 g/mol. The van der Waals surface area contributed by atoms with Crippen LogP contribution in [0.4, 0.5) is 4.39 Å². The number of fused-ring (bicyclic) bond motifs is 1. The predicted octanol–water partition coefficient (Wildman–Crippen LogP) is 4.03. The van der Waals surface area contributed by atoms with Gasteiger partial charge in [-0.15, -0.1) is 11.6 Å². The van der Waals surface area contributed by atoms with Crippen molar-refractivity contribution in [3.8, 4) is 5.69 Å². The van der Waals surface area contributed by atoms with Gasteiger partial charge in [-0.05, 0) is 46.3 Å². The molecule has 0 fully saturated rings. The lowest BCUT2D eigenvalue weighted by Gasteiger charge is -2.13. The number of hydrogen-bond acceptors (Lipinski definition) is 2. The smallest absolute Gasteiger partial charge is 0.266 e. The summed E-state index contributed by atoms with van der Waals surface area (Å²) < 4.78 is 15.5. The van der Waals surface area contributed by atoms with E-state index in [2.05, 4.69) is 20.9 Å². The fourth-order valence-electron chi connectivity index (χ4n) is 2.17. The van der Waals surface area contributed by atoms with Crippen molar-refractivity contribution in [2.75, 3.05) is 0 Å². The number of nitrogens with zero attached hydrogens (tertiary/aromatic N) is 2. The van der Waals surface area contributed by atoms with Gasteiger partial charge in [0.2, 0.25) is 0 Å². The van der Waals surface area contributed by atoms with Gasteiger partial charge in [0.25, 0.3) is 5.56 Å². The van der Waals surface area contributed by atoms with Crippen LogP contribution in [0.5, 0.6) is 0 Å². The Labute approximate surface area is 133 Å². The molecule has 3 aromatic rings. The second-order valence-electron chi connectivity index (χ2n) is 4.42. The highest BCUT2D eigenvalue weighted by Gasteiger charge is 2.14. The summed E-state index contributed by atoms with van der Waals surface area (Å²) in [5, 5.41) is 0.461. The molecule has 0 unspecified atom stereocenters. The molecule has 0 atom stereocenters. The highest BCUT2D eigenvalue weighted by Crippen LogP contribution is 2.23. The van der Waals surface area contributed by atoms with E-state index >= 15 is 0 Å². The number of aromatic nitrogens is 2. The molecular weight excluding hydrogens is 359 g/mol. The molecule has 0 aliphatic heterocycles. The Morgan fingerprint density at radius 3 is 2.76 bits per heavy atom. The van der Waals surface area contributed by atoms with Gasteiger partial charge in [-0.1, -0.05) is 12.1 Å². The van der Waals surface area contributed by atoms with Crippen molar-refractivity contribution < 1.29 is 4.39 Å². The first-order valence-corrected chi connectivity index (χ1v) is 7.46. The van der Waals surface area contributed by atoms with Crippen LogP contribution in [0, 0.1) is 5.82 Å². The molecule has 1 heterocycles. The van der Waals surface area contributed by atoms with Crippen LogP contribution in [-0.4, -0.2) is 9.55 Å². The van der Waals surface area contributed by atoms with Crippen LogP contribution in [0.15, 0.2) is 51.7 Å². The van der Waals surface area contributed by atoms with Gasteiger partial charge in [0, 0.05) is 4.47 Å². The van der Waals surface area contributed by atoms with Crippen molar-refractivity contribution in [2.45, 2.75) is 5.88 Å². The molecule has 0 N–H and O–H groups in total. The van der Waals surface area contributed by atoms with Crippen LogP contribution in [-0.2, 0) is 5.88 Å². The summed E-state index contributed by atoms with van der Waals surface area (Å²) in [6, 6.07) is 11.1. The molecule has 6 heteroatoms. The molecule has 1 aromatic heterocycles. The van der Waals surface area contributed by atoms with Crippen molar-refractivity contribution in [1.29, 1.82) is 0 Å². The number of halogens is 3. The molecular formula is C15H9BrClFN2O. The minimum absolute atomic E-state index is 0.0447.